The highest BCUT2D eigenvalue weighted by atomic mass is 32.2. The van der Waals surface area contributed by atoms with Crippen LogP contribution in [0, 0.1) is 5.92 Å². The summed E-state index contributed by atoms with van der Waals surface area (Å²) >= 11 is 0. The lowest BCUT2D eigenvalue weighted by Crippen LogP contribution is -2.71. The van der Waals surface area contributed by atoms with E-state index in [4.69, 9.17) is 10.5 Å². The number of anilines is 1. The zero-order chi connectivity index (χ0) is 15.9. The van der Waals surface area contributed by atoms with Gasteiger partial charge in [0.2, 0.25) is 21.9 Å². The molecule has 11 nitrogen and oxygen atoms in total. The molecule has 0 aromatic carbocycles. The molecular weight excluding hydrogens is 314 g/mol. The molecule has 2 heterocycles. The Hall–Kier alpha value is -1.79. The van der Waals surface area contributed by atoms with Crippen LogP contribution in [0.3, 0.4) is 0 Å². The molecule has 1 saturated heterocycles. The lowest BCUT2D eigenvalue weighted by atomic mass is 9.72. The number of hydrogen-bond acceptors (Lipinski definition) is 8. The van der Waals surface area contributed by atoms with Crippen LogP contribution in [0.1, 0.15) is 6.42 Å². The van der Waals surface area contributed by atoms with Crippen molar-refractivity contribution in [3.8, 4) is 0 Å². The minimum atomic E-state index is -3.39. The van der Waals surface area contributed by atoms with Crippen LogP contribution in [-0.2, 0) is 26.1 Å². The number of nitrogens with one attached hydrogen (secondary N) is 2. The Kier molecular flexibility index (Phi) is 3.74. The van der Waals surface area contributed by atoms with Gasteiger partial charge in [-0.1, -0.05) is 5.10 Å². The van der Waals surface area contributed by atoms with Crippen molar-refractivity contribution in [1.82, 2.24) is 30.2 Å². The first-order valence-electron chi connectivity index (χ1n) is 6.75. The summed E-state index contributed by atoms with van der Waals surface area (Å²) in [5, 5.41) is 13.2. The van der Waals surface area contributed by atoms with E-state index in [0.717, 1.165) is 17.4 Å². The lowest BCUT2D eigenvalue weighted by molar-refractivity contribution is -0.125. The van der Waals surface area contributed by atoms with Crippen LogP contribution in [0.25, 0.3) is 0 Å². The number of tetrazole rings is 1. The van der Waals surface area contributed by atoms with Crippen LogP contribution >= 0.6 is 0 Å². The summed E-state index contributed by atoms with van der Waals surface area (Å²) in [6, 6.07) is -0.773. The normalized spacial score (nSPS) is 30.6. The van der Waals surface area contributed by atoms with Gasteiger partial charge in [-0.3, -0.25) is 4.79 Å². The number of nitrogens with zero attached hydrogens (tertiary/aromatic N) is 4. The predicted octanol–water partition coefficient (Wildman–Crippen LogP) is -2.92. The number of rotatable bonds is 5. The highest BCUT2D eigenvalue weighted by molar-refractivity contribution is 7.88. The van der Waals surface area contributed by atoms with Gasteiger partial charge in [0, 0.05) is 12.5 Å². The fraction of sp³-hybridized carbons (Fsp3) is 0.800. The number of nitrogen functional groups attached to an aromatic ring is 1. The second-order valence-corrected chi connectivity index (χ2v) is 7.27. The van der Waals surface area contributed by atoms with Crippen LogP contribution in [0.4, 0.5) is 5.95 Å². The second-order valence-electron chi connectivity index (χ2n) is 5.49. The zero-order valence-corrected chi connectivity index (χ0v) is 12.7. The maximum atomic E-state index is 12.1. The van der Waals surface area contributed by atoms with E-state index in [-0.39, 0.29) is 36.5 Å². The molecule has 0 unspecified atom stereocenters. The molecule has 0 spiro atoms. The minimum absolute atomic E-state index is 0.0386. The number of carbonyl (C=O) groups excluding carboxylic acids is 1. The molecule has 3 rings (SSSR count). The first kappa shape index (κ1) is 15.1. The Morgan fingerprint density at radius 2 is 2.27 bits per heavy atom. The molecule has 12 heteroatoms. The molecule has 22 heavy (non-hydrogen) atoms. The molecule has 0 bridgehead atoms. The third-order valence-electron chi connectivity index (χ3n) is 3.92. The molecule has 1 aliphatic heterocycles. The molecule has 1 aromatic heterocycles. The lowest BCUT2D eigenvalue weighted by Gasteiger charge is -2.47. The van der Waals surface area contributed by atoms with Crippen molar-refractivity contribution in [1.29, 1.82) is 0 Å². The highest BCUT2D eigenvalue weighted by Crippen LogP contribution is 2.39. The molecule has 4 N–H and O–H groups in total. The number of hydrogen-bond donors (Lipinski definition) is 3. The summed E-state index contributed by atoms with van der Waals surface area (Å²) in [7, 11) is -3.39. The average Bonchev–Trinajstić information content (AvgIpc) is 3.00. The van der Waals surface area contributed by atoms with Crippen molar-refractivity contribution < 1.29 is 17.9 Å². The van der Waals surface area contributed by atoms with Crippen LogP contribution in [0.5, 0.6) is 0 Å². The summed E-state index contributed by atoms with van der Waals surface area (Å²) < 4.78 is 32.0. The van der Waals surface area contributed by atoms with Crippen molar-refractivity contribution in [2.75, 3.05) is 18.6 Å². The molecule has 0 radical (unpaired) electrons. The van der Waals surface area contributed by atoms with Crippen LogP contribution in [0.2, 0.25) is 0 Å². The maximum absolute atomic E-state index is 12.1. The van der Waals surface area contributed by atoms with Gasteiger partial charge in [0.25, 0.3) is 0 Å². The highest BCUT2D eigenvalue weighted by Gasteiger charge is 2.55. The van der Waals surface area contributed by atoms with Crippen molar-refractivity contribution in [2.45, 2.75) is 31.2 Å². The summed E-state index contributed by atoms with van der Waals surface area (Å²) in [6.07, 6.45) is 1.67. The van der Waals surface area contributed by atoms with Crippen LogP contribution < -0.4 is 15.8 Å². The predicted molar refractivity (Wildman–Crippen MR) is 73.8 cm³/mol. The standard InChI is InChI=1S/C10H17N7O4S/c1-22(19,20)14-8-7(5-2-3-21-9(5)8)12-6(18)4-17-10(11)13-15-16-17/h5,7-9,14H,2-4H2,1H3,(H,12,18)(H2,11,13,16)/t5-,7+,8-,9-/m1/s1. The molecule has 1 amide bonds. The van der Waals surface area contributed by atoms with Crippen molar-refractivity contribution in [3.05, 3.63) is 0 Å². The quantitative estimate of drug-likeness (QED) is 0.518. The van der Waals surface area contributed by atoms with Crippen molar-refractivity contribution in [2.24, 2.45) is 5.92 Å². The first-order chi connectivity index (χ1) is 10.3. The molecular formula is C10H17N7O4S. The third-order valence-corrected chi connectivity index (χ3v) is 4.62. The van der Waals surface area contributed by atoms with Crippen molar-refractivity contribution in [3.63, 3.8) is 0 Å². The van der Waals surface area contributed by atoms with E-state index >= 15 is 0 Å². The molecule has 1 saturated carbocycles. The first-order valence-corrected chi connectivity index (χ1v) is 8.64. The SMILES string of the molecule is CS(=O)(=O)N[C@@H]1[C@@H](NC(=O)Cn2nnnc2N)[C@H]2CCO[C@H]21. The van der Waals surface area contributed by atoms with E-state index in [1.165, 1.54) is 0 Å². The van der Waals surface area contributed by atoms with Gasteiger partial charge in [-0.2, -0.15) is 0 Å². The summed E-state index contributed by atoms with van der Waals surface area (Å²) in [4.78, 5) is 12.1. The topological polar surface area (TPSA) is 154 Å². The Labute approximate surface area is 126 Å². The average molecular weight is 331 g/mol. The largest absolute Gasteiger partial charge is 0.376 e. The van der Waals surface area contributed by atoms with Gasteiger partial charge in [-0.05, 0) is 16.8 Å². The number of fused-ring (bicyclic) bond motifs is 1. The smallest absolute Gasteiger partial charge is 0.242 e. The number of aromatic nitrogens is 4. The molecule has 2 aliphatic rings. The van der Waals surface area contributed by atoms with E-state index in [0.29, 0.717) is 6.61 Å². The van der Waals surface area contributed by atoms with Gasteiger partial charge in [-0.25, -0.2) is 17.8 Å². The van der Waals surface area contributed by atoms with Gasteiger partial charge < -0.3 is 15.8 Å². The van der Waals surface area contributed by atoms with E-state index in [9.17, 15) is 13.2 Å². The Balaban J connectivity index is 1.64. The zero-order valence-electron chi connectivity index (χ0n) is 11.8. The maximum Gasteiger partial charge on any atom is 0.242 e. The molecule has 122 valence electrons. The van der Waals surface area contributed by atoms with E-state index in [2.05, 4.69) is 25.6 Å². The van der Waals surface area contributed by atoms with Gasteiger partial charge in [0.05, 0.1) is 24.4 Å². The fourth-order valence-electron chi connectivity index (χ4n) is 2.98. The summed E-state index contributed by atoms with van der Waals surface area (Å²) in [6.45, 7) is 0.433. The molecule has 4 atom stereocenters. The van der Waals surface area contributed by atoms with Gasteiger partial charge in [-0.15, -0.1) is 0 Å². The van der Waals surface area contributed by atoms with Gasteiger partial charge in [0.1, 0.15) is 6.54 Å². The van der Waals surface area contributed by atoms with E-state index < -0.39 is 16.1 Å². The third kappa shape index (κ3) is 2.89. The number of ether oxygens (including phenoxy) is 1. The Bertz CT molecular complexity index is 675. The number of sulfonamides is 1. The van der Waals surface area contributed by atoms with E-state index in [1.54, 1.807) is 0 Å². The second kappa shape index (κ2) is 5.44. The summed E-state index contributed by atoms with van der Waals surface area (Å²) in [5.41, 5.74) is 5.50. The van der Waals surface area contributed by atoms with Crippen molar-refractivity contribution >= 4 is 21.9 Å². The monoisotopic (exact) mass is 331 g/mol. The van der Waals surface area contributed by atoms with Gasteiger partial charge in [0.15, 0.2) is 0 Å². The van der Waals surface area contributed by atoms with E-state index in [1.807, 2.05) is 0 Å². The Morgan fingerprint density at radius 1 is 1.50 bits per heavy atom. The van der Waals surface area contributed by atoms with Crippen LogP contribution in [-0.4, -0.2) is 65.6 Å². The molecule has 1 aromatic rings. The number of nitrogens with two attached hydrogens (primary N) is 1. The fourth-order valence-corrected chi connectivity index (χ4v) is 3.76. The molecule has 2 fully saturated rings. The van der Waals surface area contributed by atoms with Crippen LogP contribution in [0.15, 0.2) is 0 Å². The molecule has 1 aliphatic carbocycles. The summed E-state index contributed by atoms with van der Waals surface area (Å²) in [5.74, 6) is -0.194. The number of carbonyl (C=O) groups is 1. The Morgan fingerprint density at radius 3 is 2.91 bits per heavy atom. The van der Waals surface area contributed by atoms with Gasteiger partial charge >= 0.3 is 0 Å². The minimum Gasteiger partial charge on any atom is -0.376 e. The number of amides is 1.